The van der Waals surface area contributed by atoms with Crippen molar-refractivity contribution >= 4 is 29.1 Å². The SMILES string of the molecule is O=C(N[C@@H]1C[C@@H](Cl)[C@@H](CN2C(=O)[C@](O)(c3ccncc3F)c3cc(F)ccc32)C[C@H]1C(F)F)c1cccnc1. The number of anilines is 1. The summed E-state index contributed by atoms with van der Waals surface area (Å²) in [6.45, 7) is -0.187. The third-order valence-electron chi connectivity index (χ3n) is 7.42. The maximum Gasteiger partial charge on any atom is 0.268 e. The summed E-state index contributed by atoms with van der Waals surface area (Å²) in [5.74, 6) is -5.19. The van der Waals surface area contributed by atoms with E-state index in [1.807, 2.05) is 0 Å². The van der Waals surface area contributed by atoms with Crippen molar-refractivity contribution in [1.29, 1.82) is 0 Å². The van der Waals surface area contributed by atoms with Gasteiger partial charge in [0.05, 0.1) is 17.4 Å². The lowest BCUT2D eigenvalue weighted by Crippen LogP contribution is -2.52. The second kappa shape index (κ2) is 10.5. The van der Waals surface area contributed by atoms with Gasteiger partial charge >= 0.3 is 0 Å². The van der Waals surface area contributed by atoms with Crippen LogP contribution in [0.4, 0.5) is 23.2 Å². The Labute approximate surface area is 225 Å². The summed E-state index contributed by atoms with van der Waals surface area (Å²) in [6.07, 6.45) is 1.87. The molecule has 3 aromatic rings. The number of pyridine rings is 2. The molecule has 5 atom stereocenters. The zero-order chi connectivity index (χ0) is 27.9. The molecule has 39 heavy (non-hydrogen) atoms. The Morgan fingerprint density at radius 1 is 1.13 bits per heavy atom. The van der Waals surface area contributed by atoms with E-state index < -0.39 is 64.3 Å². The molecule has 1 fully saturated rings. The van der Waals surface area contributed by atoms with E-state index in [1.165, 1.54) is 30.7 Å². The van der Waals surface area contributed by atoms with Gasteiger partial charge in [0.1, 0.15) is 11.6 Å². The molecule has 12 heteroatoms. The van der Waals surface area contributed by atoms with E-state index in [1.54, 1.807) is 6.07 Å². The fraction of sp³-hybridized carbons (Fsp3) is 0.333. The molecule has 0 unspecified atom stereocenters. The molecule has 2 amide bonds. The molecule has 1 saturated carbocycles. The van der Waals surface area contributed by atoms with Gasteiger partial charge in [-0.1, -0.05) is 0 Å². The normalized spacial score (nSPS) is 26.5. The average Bonchev–Trinajstić information content (AvgIpc) is 3.12. The second-order valence-corrected chi connectivity index (χ2v) is 10.3. The first-order valence-corrected chi connectivity index (χ1v) is 12.6. The van der Waals surface area contributed by atoms with Gasteiger partial charge in [-0.2, -0.15) is 0 Å². The van der Waals surface area contributed by atoms with E-state index in [0.717, 1.165) is 29.3 Å². The van der Waals surface area contributed by atoms with E-state index in [-0.39, 0.29) is 36.2 Å². The number of aliphatic hydroxyl groups is 1. The number of carbonyl (C=O) groups excluding carboxylic acids is 2. The number of fused-ring (bicyclic) bond motifs is 1. The molecule has 5 rings (SSSR count). The predicted molar refractivity (Wildman–Crippen MR) is 133 cm³/mol. The largest absolute Gasteiger partial charge is 0.372 e. The van der Waals surface area contributed by atoms with Gasteiger partial charge in [0.2, 0.25) is 6.43 Å². The third kappa shape index (κ3) is 4.85. The van der Waals surface area contributed by atoms with Crippen molar-refractivity contribution in [3.63, 3.8) is 0 Å². The molecular formula is C27H23ClF4N4O3. The van der Waals surface area contributed by atoms with Crippen LogP contribution in [-0.2, 0) is 10.4 Å². The second-order valence-electron chi connectivity index (χ2n) is 9.71. The van der Waals surface area contributed by atoms with Crippen molar-refractivity contribution in [1.82, 2.24) is 15.3 Å². The molecule has 1 aliphatic carbocycles. The van der Waals surface area contributed by atoms with Gasteiger partial charge in [-0.3, -0.25) is 19.6 Å². The number of hydrogen-bond acceptors (Lipinski definition) is 5. The minimum Gasteiger partial charge on any atom is -0.372 e. The van der Waals surface area contributed by atoms with Crippen LogP contribution in [0.15, 0.2) is 61.2 Å². The first-order chi connectivity index (χ1) is 18.6. The number of amides is 2. The molecule has 1 aliphatic heterocycles. The Bertz CT molecular complexity index is 1400. The molecule has 204 valence electrons. The average molecular weight is 563 g/mol. The molecule has 2 aliphatic rings. The highest BCUT2D eigenvalue weighted by atomic mass is 35.5. The smallest absolute Gasteiger partial charge is 0.268 e. The number of alkyl halides is 3. The first kappa shape index (κ1) is 27.0. The zero-order valence-electron chi connectivity index (χ0n) is 20.3. The topological polar surface area (TPSA) is 95.4 Å². The van der Waals surface area contributed by atoms with E-state index in [2.05, 4.69) is 15.3 Å². The van der Waals surface area contributed by atoms with Crippen LogP contribution in [0.2, 0.25) is 0 Å². The molecule has 0 bridgehead atoms. The minimum atomic E-state index is -2.80. The lowest BCUT2D eigenvalue weighted by atomic mass is 9.77. The number of carbonyl (C=O) groups is 2. The molecule has 2 aromatic heterocycles. The number of benzene rings is 1. The predicted octanol–water partition coefficient (Wildman–Crippen LogP) is 4.03. The maximum atomic E-state index is 14.7. The van der Waals surface area contributed by atoms with Crippen LogP contribution in [0.3, 0.4) is 0 Å². The third-order valence-corrected chi connectivity index (χ3v) is 7.95. The summed E-state index contributed by atoms with van der Waals surface area (Å²) in [7, 11) is 0. The van der Waals surface area contributed by atoms with Crippen molar-refractivity contribution < 1.29 is 32.3 Å². The van der Waals surface area contributed by atoms with Gasteiger partial charge in [-0.05, 0) is 55.2 Å². The Balaban J connectivity index is 1.41. The van der Waals surface area contributed by atoms with Gasteiger partial charge < -0.3 is 15.3 Å². The highest BCUT2D eigenvalue weighted by Gasteiger charge is 2.54. The standard InChI is InChI=1S/C27H23ClF4N4O3/c28-20-10-22(35-25(37)14-2-1-6-33-11-14)17(24(31)32)8-15(20)13-36-23-4-3-16(29)9-19(23)27(39,26(36)38)18-5-7-34-12-21(18)30/h1-7,9,11-12,15,17,20,22,24,39H,8,10,13H2,(H,35,37)/t15-,17-,20-,22-,27+/m1/s1. The van der Waals surface area contributed by atoms with Crippen LogP contribution in [0.25, 0.3) is 0 Å². The van der Waals surface area contributed by atoms with Crippen LogP contribution in [0, 0.1) is 23.5 Å². The molecule has 0 spiro atoms. The molecular weight excluding hydrogens is 540 g/mol. The quantitative estimate of drug-likeness (QED) is 0.349. The zero-order valence-corrected chi connectivity index (χ0v) is 21.0. The molecule has 0 radical (unpaired) electrons. The number of rotatable bonds is 6. The summed E-state index contributed by atoms with van der Waals surface area (Å²) in [4.78, 5) is 34.9. The molecule has 1 aromatic carbocycles. The van der Waals surface area contributed by atoms with Crippen molar-refractivity contribution in [3.8, 4) is 0 Å². The molecule has 2 N–H and O–H groups in total. The highest BCUT2D eigenvalue weighted by molar-refractivity contribution is 6.21. The summed E-state index contributed by atoms with van der Waals surface area (Å²) in [5, 5.41) is 13.4. The molecule has 0 saturated heterocycles. The van der Waals surface area contributed by atoms with Crippen LogP contribution >= 0.6 is 11.6 Å². The minimum absolute atomic E-state index is 0.00517. The fourth-order valence-electron chi connectivity index (χ4n) is 5.45. The highest BCUT2D eigenvalue weighted by Crippen LogP contribution is 2.47. The van der Waals surface area contributed by atoms with E-state index >= 15 is 0 Å². The Morgan fingerprint density at radius 3 is 2.59 bits per heavy atom. The van der Waals surface area contributed by atoms with Gasteiger partial charge in [0.15, 0.2) is 5.60 Å². The monoisotopic (exact) mass is 562 g/mol. The fourth-order valence-corrected chi connectivity index (χ4v) is 5.83. The summed E-state index contributed by atoms with van der Waals surface area (Å²) in [5.41, 5.74) is -2.81. The van der Waals surface area contributed by atoms with Crippen molar-refractivity contribution in [2.24, 2.45) is 11.8 Å². The van der Waals surface area contributed by atoms with Gasteiger partial charge in [0, 0.05) is 53.6 Å². The Morgan fingerprint density at radius 2 is 1.90 bits per heavy atom. The van der Waals surface area contributed by atoms with Crippen molar-refractivity contribution in [2.75, 3.05) is 11.4 Å². The van der Waals surface area contributed by atoms with E-state index in [0.29, 0.717) is 0 Å². The van der Waals surface area contributed by atoms with E-state index in [9.17, 15) is 32.3 Å². The van der Waals surface area contributed by atoms with Gasteiger partial charge in [-0.25, -0.2) is 17.6 Å². The molecule has 7 nitrogen and oxygen atoms in total. The lowest BCUT2D eigenvalue weighted by Gasteiger charge is -2.40. The number of aromatic nitrogens is 2. The maximum absolute atomic E-state index is 14.7. The van der Waals surface area contributed by atoms with E-state index in [4.69, 9.17) is 11.6 Å². The molecule has 3 heterocycles. The van der Waals surface area contributed by atoms with Crippen LogP contribution in [0.1, 0.15) is 34.3 Å². The summed E-state index contributed by atoms with van der Waals surface area (Å²) in [6, 6.07) is 6.55. The summed E-state index contributed by atoms with van der Waals surface area (Å²) < 4.78 is 57.2. The number of nitrogens with one attached hydrogen (secondary N) is 1. The van der Waals surface area contributed by atoms with Crippen LogP contribution < -0.4 is 10.2 Å². The van der Waals surface area contributed by atoms with Crippen molar-refractivity contribution in [3.05, 3.63) is 89.5 Å². The van der Waals surface area contributed by atoms with Crippen LogP contribution in [-0.4, -0.2) is 51.3 Å². The lowest BCUT2D eigenvalue weighted by molar-refractivity contribution is -0.132. The summed E-state index contributed by atoms with van der Waals surface area (Å²) >= 11 is 6.63. The first-order valence-electron chi connectivity index (χ1n) is 12.2. The Kier molecular flexibility index (Phi) is 7.30. The number of halogens is 5. The number of hydrogen-bond donors (Lipinski definition) is 2. The van der Waals surface area contributed by atoms with Crippen LogP contribution in [0.5, 0.6) is 0 Å². The Hall–Kier alpha value is -3.57. The van der Waals surface area contributed by atoms with Crippen molar-refractivity contribution in [2.45, 2.75) is 36.3 Å². The number of nitrogens with zero attached hydrogens (tertiary/aromatic N) is 3. The van der Waals surface area contributed by atoms with Gasteiger partial charge in [-0.15, -0.1) is 11.6 Å². The van der Waals surface area contributed by atoms with Gasteiger partial charge in [0.25, 0.3) is 11.8 Å².